The Morgan fingerprint density at radius 1 is 1.10 bits per heavy atom. The predicted molar refractivity (Wildman–Crippen MR) is 67.7 cm³/mol. The summed E-state index contributed by atoms with van der Waals surface area (Å²) in [7, 11) is 1.41. The van der Waals surface area contributed by atoms with Crippen LogP contribution < -0.4 is 0 Å². The van der Waals surface area contributed by atoms with Crippen LogP contribution in [-0.2, 0) is 18.9 Å². The summed E-state index contributed by atoms with van der Waals surface area (Å²) in [6, 6.07) is 9.45. The fourth-order valence-electron chi connectivity index (χ4n) is 2.55. The second-order valence-electron chi connectivity index (χ2n) is 4.94. The molecule has 0 saturated carbocycles. The van der Waals surface area contributed by atoms with Crippen molar-refractivity contribution < 1.29 is 29.2 Å². The molecular weight excluding hydrogens is 264 g/mol. The topological polar surface area (TPSA) is 77.4 Å². The molecule has 0 amide bonds. The first kappa shape index (κ1) is 13.9. The van der Waals surface area contributed by atoms with Crippen LogP contribution in [0.4, 0.5) is 0 Å². The summed E-state index contributed by atoms with van der Waals surface area (Å²) in [6.07, 6.45) is -4.76. The molecule has 0 aromatic heterocycles. The molecular formula is C14H18O6. The van der Waals surface area contributed by atoms with Crippen LogP contribution in [0.2, 0.25) is 0 Å². The number of benzene rings is 1. The Labute approximate surface area is 116 Å². The quantitative estimate of drug-likeness (QED) is 0.806. The Morgan fingerprint density at radius 3 is 2.55 bits per heavy atom. The highest BCUT2D eigenvalue weighted by atomic mass is 16.7. The Bertz CT molecular complexity index is 437. The van der Waals surface area contributed by atoms with E-state index in [-0.39, 0.29) is 6.61 Å². The van der Waals surface area contributed by atoms with Crippen molar-refractivity contribution in [3.63, 3.8) is 0 Å². The van der Waals surface area contributed by atoms with Gasteiger partial charge >= 0.3 is 0 Å². The fraction of sp³-hybridized carbons (Fsp3) is 0.571. The van der Waals surface area contributed by atoms with Crippen molar-refractivity contribution in [1.29, 1.82) is 0 Å². The first-order valence-electron chi connectivity index (χ1n) is 6.57. The van der Waals surface area contributed by atoms with Crippen molar-refractivity contribution in [3.8, 4) is 0 Å². The zero-order valence-corrected chi connectivity index (χ0v) is 11.1. The minimum atomic E-state index is -1.14. The summed E-state index contributed by atoms with van der Waals surface area (Å²) < 4.78 is 21.9. The molecule has 0 bridgehead atoms. The first-order valence-corrected chi connectivity index (χ1v) is 6.57. The number of aliphatic hydroxyl groups excluding tert-OH is 2. The van der Waals surface area contributed by atoms with Crippen LogP contribution >= 0.6 is 0 Å². The molecule has 2 aliphatic rings. The molecule has 6 atom stereocenters. The number of hydrogen-bond donors (Lipinski definition) is 2. The van der Waals surface area contributed by atoms with E-state index in [0.717, 1.165) is 5.56 Å². The van der Waals surface area contributed by atoms with Crippen LogP contribution in [0.25, 0.3) is 0 Å². The van der Waals surface area contributed by atoms with Crippen LogP contribution in [0.15, 0.2) is 30.3 Å². The van der Waals surface area contributed by atoms with Crippen LogP contribution in [0.5, 0.6) is 0 Å². The second kappa shape index (κ2) is 5.77. The summed E-state index contributed by atoms with van der Waals surface area (Å²) in [5.74, 6) is 0. The monoisotopic (exact) mass is 282 g/mol. The van der Waals surface area contributed by atoms with Crippen molar-refractivity contribution >= 4 is 0 Å². The first-order chi connectivity index (χ1) is 9.70. The molecule has 2 heterocycles. The third-order valence-corrected chi connectivity index (χ3v) is 3.64. The van der Waals surface area contributed by atoms with Crippen molar-refractivity contribution in [2.24, 2.45) is 0 Å². The lowest BCUT2D eigenvalue weighted by atomic mass is 9.98. The van der Waals surface area contributed by atoms with E-state index in [1.54, 1.807) is 0 Å². The number of methoxy groups -OCH3 is 1. The highest BCUT2D eigenvalue weighted by Gasteiger charge is 2.48. The van der Waals surface area contributed by atoms with Gasteiger partial charge in [0.05, 0.1) is 6.61 Å². The minimum absolute atomic E-state index is 0.272. The van der Waals surface area contributed by atoms with E-state index in [1.165, 1.54) is 7.11 Å². The molecule has 0 spiro atoms. The molecule has 2 fully saturated rings. The molecule has 0 aliphatic carbocycles. The normalized spacial score (nSPS) is 41.1. The van der Waals surface area contributed by atoms with E-state index in [0.29, 0.717) is 0 Å². The van der Waals surface area contributed by atoms with Gasteiger partial charge in [-0.25, -0.2) is 0 Å². The predicted octanol–water partition coefficient (Wildman–Crippen LogP) is 0.194. The third-order valence-electron chi connectivity index (χ3n) is 3.64. The highest BCUT2D eigenvalue weighted by Crippen LogP contribution is 2.33. The van der Waals surface area contributed by atoms with Crippen molar-refractivity contribution in [1.82, 2.24) is 0 Å². The molecule has 1 aromatic rings. The number of ether oxygens (including phenoxy) is 4. The average molecular weight is 282 g/mol. The van der Waals surface area contributed by atoms with Gasteiger partial charge in [0.15, 0.2) is 12.6 Å². The molecule has 2 aliphatic heterocycles. The average Bonchev–Trinajstić information content (AvgIpc) is 2.51. The summed E-state index contributed by atoms with van der Waals surface area (Å²) in [5, 5.41) is 20.1. The van der Waals surface area contributed by atoms with Crippen LogP contribution in [-0.4, -0.2) is 54.6 Å². The maximum Gasteiger partial charge on any atom is 0.186 e. The SMILES string of the molecule is CO[C@H]1O[C@@H]2CO[C@@H](c3ccccc3)O[C@H]2[C@H](O)[C@@H]1O. The van der Waals surface area contributed by atoms with E-state index in [2.05, 4.69) is 0 Å². The van der Waals surface area contributed by atoms with Gasteiger partial charge < -0.3 is 29.2 Å². The number of aliphatic hydroxyl groups is 2. The third kappa shape index (κ3) is 2.46. The smallest absolute Gasteiger partial charge is 0.186 e. The maximum atomic E-state index is 10.1. The summed E-state index contributed by atoms with van der Waals surface area (Å²) in [4.78, 5) is 0. The van der Waals surface area contributed by atoms with E-state index >= 15 is 0 Å². The highest BCUT2D eigenvalue weighted by molar-refractivity contribution is 5.16. The van der Waals surface area contributed by atoms with Gasteiger partial charge in [-0.2, -0.15) is 0 Å². The Hall–Kier alpha value is -1.02. The lowest BCUT2D eigenvalue weighted by Gasteiger charge is -2.45. The largest absolute Gasteiger partial charge is 0.387 e. The van der Waals surface area contributed by atoms with Crippen molar-refractivity contribution in [2.75, 3.05) is 13.7 Å². The Morgan fingerprint density at radius 2 is 1.85 bits per heavy atom. The maximum absolute atomic E-state index is 10.1. The molecule has 2 N–H and O–H groups in total. The molecule has 6 nitrogen and oxygen atoms in total. The van der Waals surface area contributed by atoms with Crippen molar-refractivity contribution in [3.05, 3.63) is 35.9 Å². The standard InChI is InChI=1S/C14H18O6/c1-17-14-11(16)10(15)12-9(19-14)7-18-13(20-12)8-5-3-2-4-6-8/h2-6,9-16H,7H2,1H3/t9-,10-,11+,12-,13-,14+/m1/s1. The molecule has 6 heteroatoms. The molecule has 0 unspecified atom stereocenters. The van der Waals surface area contributed by atoms with E-state index in [4.69, 9.17) is 18.9 Å². The number of fused-ring (bicyclic) bond motifs is 1. The number of hydrogen-bond acceptors (Lipinski definition) is 6. The Balaban J connectivity index is 1.74. The minimum Gasteiger partial charge on any atom is -0.387 e. The summed E-state index contributed by atoms with van der Waals surface area (Å²) in [6.45, 7) is 0.272. The Kier molecular flexibility index (Phi) is 4.02. The molecule has 0 radical (unpaired) electrons. The van der Waals surface area contributed by atoms with Gasteiger partial charge in [-0.3, -0.25) is 0 Å². The zero-order chi connectivity index (χ0) is 14.1. The van der Waals surface area contributed by atoms with Gasteiger partial charge in [0, 0.05) is 12.7 Å². The fourth-order valence-corrected chi connectivity index (χ4v) is 2.55. The lowest BCUT2D eigenvalue weighted by molar-refractivity contribution is -0.358. The van der Waals surface area contributed by atoms with Crippen molar-refractivity contribution in [2.45, 2.75) is 37.0 Å². The van der Waals surface area contributed by atoms with E-state index < -0.39 is 37.0 Å². The van der Waals surface area contributed by atoms with Gasteiger partial charge in [-0.1, -0.05) is 30.3 Å². The lowest BCUT2D eigenvalue weighted by Crippen LogP contribution is -2.62. The van der Waals surface area contributed by atoms with Gasteiger partial charge in [0.2, 0.25) is 0 Å². The van der Waals surface area contributed by atoms with Gasteiger partial charge in [-0.05, 0) is 0 Å². The van der Waals surface area contributed by atoms with Crippen LogP contribution in [0.1, 0.15) is 11.9 Å². The van der Waals surface area contributed by atoms with E-state index in [1.807, 2.05) is 30.3 Å². The van der Waals surface area contributed by atoms with Crippen LogP contribution in [0, 0.1) is 0 Å². The second-order valence-corrected chi connectivity index (χ2v) is 4.94. The molecule has 20 heavy (non-hydrogen) atoms. The molecule has 110 valence electrons. The molecule has 3 rings (SSSR count). The van der Waals surface area contributed by atoms with Gasteiger partial charge in [-0.15, -0.1) is 0 Å². The molecule has 1 aromatic carbocycles. The zero-order valence-electron chi connectivity index (χ0n) is 11.1. The van der Waals surface area contributed by atoms with Gasteiger partial charge in [0.25, 0.3) is 0 Å². The summed E-state index contributed by atoms with van der Waals surface area (Å²) >= 11 is 0. The van der Waals surface area contributed by atoms with E-state index in [9.17, 15) is 10.2 Å². The summed E-state index contributed by atoms with van der Waals surface area (Å²) in [5.41, 5.74) is 0.863. The number of rotatable bonds is 2. The molecule has 2 saturated heterocycles. The van der Waals surface area contributed by atoms with Gasteiger partial charge in [0.1, 0.15) is 24.4 Å². The van der Waals surface area contributed by atoms with Crippen LogP contribution in [0.3, 0.4) is 0 Å².